The number of benzene rings is 1. The van der Waals surface area contributed by atoms with Crippen molar-refractivity contribution in [3.63, 3.8) is 0 Å². The third-order valence-corrected chi connectivity index (χ3v) is 2.82. The van der Waals surface area contributed by atoms with E-state index in [9.17, 15) is 9.59 Å². The van der Waals surface area contributed by atoms with Gasteiger partial charge in [0.2, 0.25) is 0 Å². The molecule has 2 amide bonds. The van der Waals surface area contributed by atoms with Crippen molar-refractivity contribution in [3.05, 3.63) is 35.9 Å². The molecule has 1 aromatic rings. The normalized spacial score (nSPS) is 10.7. The van der Waals surface area contributed by atoms with Crippen LogP contribution in [0.15, 0.2) is 30.3 Å². The maximum Gasteiger partial charge on any atom is 0.269 e. The molecule has 0 aliphatic carbocycles. The summed E-state index contributed by atoms with van der Waals surface area (Å²) in [6, 6.07) is 8.76. The third kappa shape index (κ3) is 5.38. The van der Waals surface area contributed by atoms with Gasteiger partial charge in [-0.15, -0.1) is 0 Å². The molecule has 0 heterocycles. The van der Waals surface area contributed by atoms with Gasteiger partial charge in [0.05, 0.1) is 13.2 Å². The van der Waals surface area contributed by atoms with Crippen LogP contribution in [0, 0.1) is 0 Å². The number of aliphatic hydroxyl groups is 1. The van der Waals surface area contributed by atoms with Crippen LogP contribution in [0.25, 0.3) is 0 Å². The molecule has 0 fully saturated rings. The Hall–Kier alpha value is -1.92. The van der Waals surface area contributed by atoms with Crippen molar-refractivity contribution >= 4 is 11.8 Å². The average Bonchev–Trinajstić information content (AvgIpc) is 2.45. The number of hydrogen-bond acceptors (Lipinski definition) is 4. The lowest BCUT2D eigenvalue weighted by molar-refractivity contribution is -0.123. The second kappa shape index (κ2) is 8.29. The molecule has 110 valence electrons. The number of hydrazine groups is 1. The zero-order valence-corrected chi connectivity index (χ0v) is 11.8. The number of carbonyl (C=O) groups excluding carboxylic acids is 2. The van der Waals surface area contributed by atoms with Crippen molar-refractivity contribution < 1.29 is 14.7 Å². The van der Waals surface area contributed by atoms with Gasteiger partial charge < -0.3 is 5.11 Å². The highest BCUT2D eigenvalue weighted by atomic mass is 16.3. The second-order valence-corrected chi connectivity index (χ2v) is 4.66. The smallest absolute Gasteiger partial charge is 0.269 e. The summed E-state index contributed by atoms with van der Waals surface area (Å²) >= 11 is 0. The summed E-state index contributed by atoms with van der Waals surface area (Å²) in [4.78, 5) is 25.2. The summed E-state index contributed by atoms with van der Waals surface area (Å²) in [5.41, 5.74) is 5.20. The van der Waals surface area contributed by atoms with Gasteiger partial charge in [-0.1, -0.05) is 18.2 Å². The first-order chi connectivity index (χ1) is 9.54. The fourth-order valence-corrected chi connectivity index (χ4v) is 1.66. The Morgan fingerprint density at radius 1 is 1.20 bits per heavy atom. The van der Waals surface area contributed by atoms with Gasteiger partial charge in [-0.3, -0.25) is 25.3 Å². The number of nitrogens with zero attached hydrogens (tertiary/aromatic N) is 1. The van der Waals surface area contributed by atoms with Crippen molar-refractivity contribution in [2.24, 2.45) is 0 Å². The first-order valence-electron chi connectivity index (χ1n) is 6.53. The molecule has 0 aliphatic heterocycles. The molecule has 20 heavy (non-hydrogen) atoms. The fraction of sp³-hybridized carbons (Fsp3) is 0.429. The largest absolute Gasteiger partial charge is 0.395 e. The topological polar surface area (TPSA) is 81.7 Å². The van der Waals surface area contributed by atoms with Gasteiger partial charge in [-0.25, -0.2) is 0 Å². The van der Waals surface area contributed by atoms with E-state index in [1.54, 1.807) is 24.3 Å². The van der Waals surface area contributed by atoms with E-state index >= 15 is 0 Å². The van der Waals surface area contributed by atoms with Crippen LogP contribution in [-0.2, 0) is 4.79 Å². The first-order valence-corrected chi connectivity index (χ1v) is 6.53. The monoisotopic (exact) mass is 279 g/mol. The highest BCUT2D eigenvalue weighted by molar-refractivity contribution is 5.95. The molecule has 0 saturated heterocycles. The van der Waals surface area contributed by atoms with Gasteiger partial charge in [0, 0.05) is 18.2 Å². The minimum absolute atomic E-state index is 0.0121. The summed E-state index contributed by atoms with van der Waals surface area (Å²) < 4.78 is 0. The minimum atomic E-state index is -0.364. The maximum absolute atomic E-state index is 11.7. The zero-order chi connectivity index (χ0) is 15.0. The summed E-state index contributed by atoms with van der Waals surface area (Å²) in [7, 11) is 0. The number of amides is 2. The standard InChI is InChI=1S/C14H21N3O3/c1-11(2)17(8-9-18)10-13(19)15-16-14(20)12-6-4-3-5-7-12/h3-7,11,18H,8-10H2,1-2H3,(H,15,19)(H,16,20). The molecule has 6 nitrogen and oxygen atoms in total. The number of aliphatic hydroxyl groups excluding tert-OH is 1. The summed E-state index contributed by atoms with van der Waals surface area (Å²) in [5, 5.41) is 8.92. The van der Waals surface area contributed by atoms with E-state index in [0.717, 1.165) is 0 Å². The van der Waals surface area contributed by atoms with E-state index in [1.165, 1.54) is 0 Å². The minimum Gasteiger partial charge on any atom is -0.395 e. The molecule has 0 aromatic heterocycles. The molecule has 1 rings (SSSR count). The Balaban J connectivity index is 2.41. The van der Waals surface area contributed by atoms with Crippen molar-refractivity contribution in [2.75, 3.05) is 19.7 Å². The number of hydrogen-bond donors (Lipinski definition) is 3. The maximum atomic E-state index is 11.7. The van der Waals surface area contributed by atoms with Crippen LogP contribution in [0.2, 0.25) is 0 Å². The molecule has 0 bridgehead atoms. The summed E-state index contributed by atoms with van der Waals surface area (Å²) in [5.74, 6) is -0.686. The third-order valence-electron chi connectivity index (χ3n) is 2.82. The summed E-state index contributed by atoms with van der Waals surface area (Å²) in [6.45, 7) is 4.39. The number of rotatable bonds is 6. The SMILES string of the molecule is CC(C)N(CCO)CC(=O)NNC(=O)c1ccccc1. The zero-order valence-electron chi connectivity index (χ0n) is 11.8. The Morgan fingerprint density at radius 3 is 2.40 bits per heavy atom. The average molecular weight is 279 g/mol. The van der Waals surface area contributed by atoms with E-state index in [-0.39, 0.29) is 31.0 Å². The van der Waals surface area contributed by atoms with Gasteiger partial charge in [0.1, 0.15) is 0 Å². The van der Waals surface area contributed by atoms with E-state index in [2.05, 4.69) is 10.9 Å². The Kier molecular flexibility index (Phi) is 6.69. The molecule has 0 unspecified atom stereocenters. The predicted octanol–water partition coefficient (Wildman–Crippen LogP) is 0.150. The van der Waals surface area contributed by atoms with Crippen LogP contribution in [0.3, 0.4) is 0 Å². The molecule has 0 aliphatic rings. The van der Waals surface area contributed by atoms with Crippen LogP contribution in [-0.4, -0.2) is 47.6 Å². The van der Waals surface area contributed by atoms with Crippen LogP contribution >= 0.6 is 0 Å². The first kappa shape index (κ1) is 16.1. The molecule has 0 saturated carbocycles. The van der Waals surface area contributed by atoms with Gasteiger partial charge in [0.25, 0.3) is 11.8 Å². The van der Waals surface area contributed by atoms with E-state index in [1.807, 2.05) is 24.8 Å². The van der Waals surface area contributed by atoms with Crippen molar-refractivity contribution in [1.29, 1.82) is 0 Å². The van der Waals surface area contributed by atoms with Crippen molar-refractivity contribution in [2.45, 2.75) is 19.9 Å². The number of carbonyl (C=O) groups is 2. The molecule has 0 atom stereocenters. The Morgan fingerprint density at radius 2 is 1.85 bits per heavy atom. The fourth-order valence-electron chi connectivity index (χ4n) is 1.66. The molecular weight excluding hydrogens is 258 g/mol. The van der Waals surface area contributed by atoms with Gasteiger partial charge >= 0.3 is 0 Å². The van der Waals surface area contributed by atoms with Crippen molar-refractivity contribution in [3.8, 4) is 0 Å². The van der Waals surface area contributed by atoms with Gasteiger partial charge in [-0.05, 0) is 26.0 Å². The molecule has 0 radical (unpaired) electrons. The molecule has 6 heteroatoms. The Bertz CT molecular complexity index is 435. The predicted molar refractivity (Wildman–Crippen MR) is 75.8 cm³/mol. The van der Waals surface area contributed by atoms with Crippen LogP contribution in [0.4, 0.5) is 0 Å². The van der Waals surface area contributed by atoms with Gasteiger partial charge in [-0.2, -0.15) is 0 Å². The lowest BCUT2D eigenvalue weighted by Gasteiger charge is -2.24. The highest BCUT2D eigenvalue weighted by Gasteiger charge is 2.14. The quantitative estimate of drug-likeness (QED) is 0.647. The van der Waals surface area contributed by atoms with Gasteiger partial charge in [0.15, 0.2) is 0 Å². The molecule has 3 N–H and O–H groups in total. The Labute approximate surface area is 118 Å². The van der Waals surface area contributed by atoms with Crippen LogP contribution in [0.1, 0.15) is 24.2 Å². The lowest BCUT2D eigenvalue weighted by Crippen LogP contribution is -2.48. The van der Waals surface area contributed by atoms with Crippen LogP contribution in [0.5, 0.6) is 0 Å². The molecule has 1 aromatic carbocycles. The van der Waals surface area contributed by atoms with E-state index in [0.29, 0.717) is 12.1 Å². The number of nitrogens with one attached hydrogen (secondary N) is 2. The molecule has 0 spiro atoms. The van der Waals surface area contributed by atoms with E-state index in [4.69, 9.17) is 5.11 Å². The van der Waals surface area contributed by atoms with Crippen molar-refractivity contribution in [1.82, 2.24) is 15.8 Å². The summed E-state index contributed by atoms with van der Waals surface area (Å²) in [6.07, 6.45) is 0. The second-order valence-electron chi connectivity index (χ2n) is 4.66. The molecular formula is C14H21N3O3. The van der Waals surface area contributed by atoms with Crippen LogP contribution < -0.4 is 10.9 Å². The van der Waals surface area contributed by atoms with E-state index < -0.39 is 0 Å². The highest BCUT2D eigenvalue weighted by Crippen LogP contribution is 1.98. The lowest BCUT2D eigenvalue weighted by atomic mass is 10.2.